The number of rotatable bonds is 11. The monoisotopic (exact) mass is 497 g/mol. The Balaban J connectivity index is 1.89. The van der Waals surface area contributed by atoms with Crippen LogP contribution in [0.3, 0.4) is 0 Å². The summed E-state index contributed by atoms with van der Waals surface area (Å²) in [5.74, 6) is 0.126. The van der Waals surface area contributed by atoms with Crippen LogP contribution in [0.1, 0.15) is 58.4 Å². The molecule has 2 amide bonds. The molecule has 8 heteroatoms. The lowest BCUT2D eigenvalue weighted by Crippen LogP contribution is -2.42. The lowest BCUT2D eigenvalue weighted by Gasteiger charge is -2.38. The average Bonchev–Trinajstić information content (AvgIpc) is 2.84. The quantitative estimate of drug-likeness (QED) is 0.355. The zero-order valence-corrected chi connectivity index (χ0v) is 21.8. The first kappa shape index (κ1) is 27.3. The second-order valence-corrected chi connectivity index (χ2v) is 9.70. The third-order valence-corrected chi connectivity index (χ3v) is 6.24. The number of hydrogen-bond acceptors (Lipinski definition) is 5. The van der Waals surface area contributed by atoms with Crippen LogP contribution in [0.25, 0.3) is 0 Å². The van der Waals surface area contributed by atoms with Gasteiger partial charge in [-0.05, 0) is 73.6 Å². The van der Waals surface area contributed by atoms with E-state index in [0.29, 0.717) is 43.2 Å². The second kappa shape index (κ2) is 13.2. The highest BCUT2D eigenvalue weighted by molar-refractivity contribution is 6.02. The molecule has 3 rings (SSSR count). The molecular formula is C28H39N3O5. The first-order valence-electron chi connectivity index (χ1n) is 12.8. The average molecular weight is 498 g/mol. The number of amides is 2. The third-order valence-electron chi connectivity index (χ3n) is 6.24. The fourth-order valence-electron chi connectivity index (χ4n) is 4.51. The van der Waals surface area contributed by atoms with Crippen molar-refractivity contribution in [1.29, 1.82) is 0 Å². The first-order valence-corrected chi connectivity index (χ1v) is 12.8. The molecule has 0 bridgehead atoms. The predicted octanol–water partition coefficient (Wildman–Crippen LogP) is 5.95. The standard InChI is InChI=1S/C28H39N3O5/c1-5-36-24-9-7-22(8-10-24)29-28(34)30-25-17-21(20(4)16-27(32)33)6-11-26(25)31(18-19(2)3)23-12-14-35-15-13-23/h6-11,17,19-20,23H,5,12-16,18H2,1-4H3,(H,32,33)(H2,29,30,34). The van der Waals surface area contributed by atoms with Crippen molar-refractivity contribution in [2.45, 2.75) is 58.9 Å². The molecule has 1 unspecified atom stereocenters. The zero-order chi connectivity index (χ0) is 26.1. The predicted molar refractivity (Wildman–Crippen MR) is 143 cm³/mol. The molecule has 0 spiro atoms. The van der Waals surface area contributed by atoms with Gasteiger partial charge in [-0.25, -0.2) is 4.79 Å². The Bertz CT molecular complexity index is 1000. The van der Waals surface area contributed by atoms with E-state index in [-0.39, 0.29) is 18.4 Å². The number of urea groups is 1. The van der Waals surface area contributed by atoms with Crippen LogP contribution in [-0.4, -0.2) is 49.5 Å². The van der Waals surface area contributed by atoms with Crippen LogP contribution in [0.4, 0.5) is 21.9 Å². The van der Waals surface area contributed by atoms with E-state index in [2.05, 4.69) is 29.4 Å². The van der Waals surface area contributed by atoms with Crippen LogP contribution in [0.15, 0.2) is 42.5 Å². The molecule has 0 saturated carbocycles. The maximum Gasteiger partial charge on any atom is 0.323 e. The number of aliphatic carboxylic acids is 1. The molecule has 1 fully saturated rings. The summed E-state index contributed by atoms with van der Waals surface area (Å²) in [5, 5.41) is 15.2. The van der Waals surface area contributed by atoms with Crippen molar-refractivity contribution in [1.82, 2.24) is 0 Å². The van der Waals surface area contributed by atoms with Crippen LogP contribution in [-0.2, 0) is 9.53 Å². The minimum atomic E-state index is -0.849. The topological polar surface area (TPSA) is 100 Å². The van der Waals surface area contributed by atoms with Crippen molar-refractivity contribution >= 4 is 29.1 Å². The molecule has 1 aliphatic heterocycles. The van der Waals surface area contributed by atoms with Crippen molar-refractivity contribution in [2.24, 2.45) is 5.92 Å². The normalized spacial score (nSPS) is 14.8. The molecule has 3 N–H and O–H groups in total. The van der Waals surface area contributed by atoms with Crippen LogP contribution in [0.2, 0.25) is 0 Å². The number of carboxylic acid groups (broad SMARTS) is 1. The summed E-state index contributed by atoms with van der Waals surface area (Å²) in [5.41, 5.74) is 3.12. The van der Waals surface area contributed by atoms with Gasteiger partial charge in [0.1, 0.15) is 5.75 Å². The van der Waals surface area contributed by atoms with E-state index in [1.807, 2.05) is 44.2 Å². The summed E-state index contributed by atoms with van der Waals surface area (Å²) >= 11 is 0. The number of nitrogens with zero attached hydrogens (tertiary/aromatic N) is 1. The van der Waals surface area contributed by atoms with Gasteiger partial charge in [-0.1, -0.05) is 26.8 Å². The van der Waals surface area contributed by atoms with Crippen molar-refractivity contribution in [3.05, 3.63) is 48.0 Å². The van der Waals surface area contributed by atoms with E-state index >= 15 is 0 Å². The maximum absolute atomic E-state index is 13.0. The van der Waals surface area contributed by atoms with E-state index in [1.54, 1.807) is 12.1 Å². The number of carboxylic acids is 1. The van der Waals surface area contributed by atoms with Gasteiger partial charge in [0.2, 0.25) is 0 Å². The molecule has 1 aliphatic rings. The van der Waals surface area contributed by atoms with E-state index in [9.17, 15) is 14.7 Å². The highest BCUT2D eigenvalue weighted by Gasteiger charge is 2.26. The van der Waals surface area contributed by atoms with Crippen molar-refractivity contribution in [3.63, 3.8) is 0 Å². The van der Waals surface area contributed by atoms with Gasteiger partial charge in [0.15, 0.2) is 0 Å². The summed E-state index contributed by atoms with van der Waals surface area (Å²) in [6.07, 6.45) is 1.86. The SMILES string of the molecule is CCOc1ccc(NC(=O)Nc2cc(C(C)CC(=O)O)ccc2N(CC(C)C)C2CCOCC2)cc1. The Labute approximate surface area is 214 Å². The minimum Gasteiger partial charge on any atom is -0.494 e. The van der Waals surface area contributed by atoms with Gasteiger partial charge < -0.3 is 30.1 Å². The van der Waals surface area contributed by atoms with Gasteiger partial charge in [0, 0.05) is 31.5 Å². The molecule has 0 aromatic heterocycles. The lowest BCUT2D eigenvalue weighted by atomic mass is 9.95. The number of nitrogens with one attached hydrogen (secondary N) is 2. The Morgan fingerprint density at radius 1 is 1.08 bits per heavy atom. The van der Waals surface area contributed by atoms with E-state index < -0.39 is 5.97 Å². The van der Waals surface area contributed by atoms with E-state index in [4.69, 9.17) is 9.47 Å². The summed E-state index contributed by atoms with van der Waals surface area (Å²) < 4.78 is 11.1. The number of hydrogen-bond donors (Lipinski definition) is 3. The summed E-state index contributed by atoms with van der Waals surface area (Å²) in [7, 11) is 0. The molecule has 1 atom stereocenters. The minimum absolute atomic E-state index is 0.0207. The third kappa shape index (κ3) is 7.88. The summed E-state index contributed by atoms with van der Waals surface area (Å²) in [6, 6.07) is 13.1. The van der Waals surface area contributed by atoms with Crippen LogP contribution in [0.5, 0.6) is 5.75 Å². The smallest absolute Gasteiger partial charge is 0.323 e. The van der Waals surface area contributed by atoms with Crippen molar-refractivity contribution in [2.75, 3.05) is 41.9 Å². The molecule has 0 aliphatic carbocycles. The second-order valence-electron chi connectivity index (χ2n) is 9.70. The van der Waals surface area contributed by atoms with Crippen LogP contribution >= 0.6 is 0 Å². The number of benzene rings is 2. The van der Waals surface area contributed by atoms with Gasteiger partial charge in [-0.15, -0.1) is 0 Å². The Morgan fingerprint density at radius 2 is 1.78 bits per heavy atom. The molecule has 1 saturated heterocycles. The highest BCUT2D eigenvalue weighted by atomic mass is 16.5. The highest BCUT2D eigenvalue weighted by Crippen LogP contribution is 2.35. The van der Waals surface area contributed by atoms with Crippen LogP contribution in [0, 0.1) is 5.92 Å². The fraction of sp³-hybridized carbons (Fsp3) is 0.500. The summed E-state index contributed by atoms with van der Waals surface area (Å²) in [6.45, 7) is 11.0. The molecule has 36 heavy (non-hydrogen) atoms. The molecular weight excluding hydrogens is 458 g/mol. The lowest BCUT2D eigenvalue weighted by molar-refractivity contribution is -0.137. The van der Waals surface area contributed by atoms with Gasteiger partial charge in [0.05, 0.1) is 24.4 Å². The van der Waals surface area contributed by atoms with Gasteiger partial charge in [0.25, 0.3) is 0 Å². The molecule has 196 valence electrons. The Hall–Kier alpha value is -3.26. The molecule has 2 aromatic carbocycles. The Kier molecular flexibility index (Phi) is 9.99. The number of anilines is 3. The first-order chi connectivity index (χ1) is 17.3. The molecule has 0 radical (unpaired) electrons. The number of ether oxygens (including phenoxy) is 2. The molecule has 8 nitrogen and oxygen atoms in total. The maximum atomic E-state index is 13.0. The van der Waals surface area contributed by atoms with E-state index in [0.717, 1.165) is 36.4 Å². The number of carbonyl (C=O) groups is 2. The van der Waals surface area contributed by atoms with Crippen molar-refractivity contribution in [3.8, 4) is 5.75 Å². The largest absolute Gasteiger partial charge is 0.494 e. The van der Waals surface area contributed by atoms with E-state index in [1.165, 1.54) is 0 Å². The molecule has 2 aromatic rings. The van der Waals surface area contributed by atoms with Crippen molar-refractivity contribution < 1.29 is 24.2 Å². The van der Waals surface area contributed by atoms with Crippen LogP contribution < -0.4 is 20.3 Å². The van der Waals surface area contributed by atoms with Gasteiger partial charge in [-0.2, -0.15) is 0 Å². The molecule has 1 heterocycles. The van der Waals surface area contributed by atoms with Gasteiger partial charge >= 0.3 is 12.0 Å². The number of carbonyl (C=O) groups excluding carboxylic acids is 1. The van der Waals surface area contributed by atoms with Gasteiger partial charge in [-0.3, -0.25) is 4.79 Å². The zero-order valence-electron chi connectivity index (χ0n) is 21.8. The fourth-order valence-corrected chi connectivity index (χ4v) is 4.51. The summed E-state index contributed by atoms with van der Waals surface area (Å²) in [4.78, 5) is 26.7. The Morgan fingerprint density at radius 3 is 2.39 bits per heavy atom.